The van der Waals surface area contributed by atoms with Crippen LogP contribution < -0.4 is 10.5 Å². The Bertz CT molecular complexity index is 730. The topological polar surface area (TPSA) is 72.2 Å². The second kappa shape index (κ2) is 5.60. The molecular weight excluding hydrogens is 279 g/mol. The molecular formula is C14H15FN2O2S. The van der Waals surface area contributed by atoms with Crippen molar-refractivity contribution in [2.75, 3.05) is 4.72 Å². The summed E-state index contributed by atoms with van der Waals surface area (Å²) in [4.78, 5) is 0.0470. The summed E-state index contributed by atoms with van der Waals surface area (Å²) in [6.45, 7) is 1.77. The van der Waals surface area contributed by atoms with Crippen LogP contribution in [0.1, 0.15) is 11.1 Å². The number of rotatable bonds is 4. The van der Waals surface area contributed by atoms with Gasteiger partial charge in [0.05, 0.1) is 10.6 Å². The Labute approximate surface area is 117 Å². The maximum Gasteiger partial charge on any atom is 0.262 e. The van der Waals surface area contributed by atoms with Crippen molar-refractivity contribution in [3.05, 3.63) is 59.4 Å². The fourth-order valence-electron chi connectivity index (χ4n) is 1.91. The highest BCUT2D eigenvalue weighted by Gasteiger charge is 2.18. The molecule has 0 spiro atoms. The molecule has 0 amide bonds. The molecule has 2 aromatic carbocycles. The highest BCUT2D eigenvalue weighted by Crippen LogP contribution is 2.22. The predicted octanol–water partition coefficient (Wildman–Crippen LogP) is 2.39. The summed E-state index contributed by atoms with van der Waals surface area (Å²) in [6.07, 6.45) is 0. The Morgan fingerprint density at radius 2 is 1.90 bits per heavy atom. The van der Waals surface area contributed by atoms with Gasteiger partial charge in [-0.15, -0.1) is 0 Å². The van der Waals surface area contributed by atoms with E-state index < -0.39 is 15.8 Å². The van der Waals surface area contributed by atoms with Crippen LogP contribution in [0.15, 0.2) is 47.4 Å². The van der Waals surface area contributed by atoms with Gasteiger partial charge in [-0.3, -0.25) is 4.72 Å². The summed E-state index contributed by atoms with van der Waals surface area (Å²) in [6, 6.07) is 10.4. The van der Waals surface area contributed by atoms with Crippen LogP contribution in [0.3, 0.4) is 0 Å². The summed E-state index contributed by atoms with van der Waals surface area (Å²) in [7, 11) is -3.77. The number of nitrogens with two attached hydrogens (primary N) is 1. The van der Waals surface area contributed by atoms with Crippen LogP contribution in [0.25, 0.3) is 0 Å². The third-order valence-corrected chi connectivity index (χ3v) is 4.43. The summed E-state index contributed by atoms with van der Waals surface area (Å²) in [5, 5.41) is 0. The third-order valence-electron chi connectivity index (χ3n) is 2.91. The average molecular weight is 294 g/mol. The summed E-state index contributed by atoms with van der Waals surface area (Å²) in [5.74, 6) is -0.469. The molecule has 0 radical (unpaired) electrons. The largest absolute Gasteiger partial charge is 0.326 e. The lowest BCUT2D eigenvalue weighted by Crippen LogP contribution is -2.16. The lowest BCUT2D eigenvalue weighted by molar-refractivity contribution is 0.598. The molecule has 2 aromatic rings. The number of para-hydroxylation sites is 1. The van der Waals surface area contributed by atoms with E-state index >= 15 is 0 Å². The molecule has 0 aliphatic heterocycles. The zero-order valence-electron chi connectivity index (χ0n) is 10.9. The van der Waals surface area contributed by atoms with E-state index in [1.807, 2.05) is 0 Å². The zero-order valence-corrected chi connectivity index (χ0v) is 11.7. The number of benzene rings is 2. The summed E-state index contributed by atoms with van der Waals surface area (Å²) in [5.41, 5.74) is 7.04. The van der Waals surface area contributed by atoms with Gasteiger partial charge in [0.15, 0.2) is 0 Å². The normalized spacial score (nSPS) is 11.3. The molecule has 0 unspecified atom stereocenters. The standard InChI is InChI=1S/C14H15FN2O2S/c1-10-8-12(15)6-7-14(10)20(18,19)17-13-5-3-2-4-11(13)9-16/h2-8,17H,9,16H2,1H3. The van der Waals surface area contributed by atoms with Gasteiger partial charge in [-0.05, 0) is 42.3 Å². The number of anilines is 1. The number of hydrogen-bond acceptors (Lipinski definition) is 3. The van der Waals surface area contributed by atoms with E-state index in [1.165, 1.54) is 12.1 Å². The molecule has 106 valence electrons. The fourth-order valence-corrected chi connectivity index (χ4v) is 3.24. The van der Waals surface area contributed by atoms with Gasteiger partial charge in [0.2, 0.25) is 0 Å². The molecule has 3 N–H and O–H groups in total. The minimum absolute atomic E-state index is 0.0470. The Hall–Kier alpha value is -1.92. The summed E-state index contributed by atoms with van der Waals surface area (Å²) < 4.78 is 40.2. The molecule has 0 fully saturated rings. The molecule has 0 aliphatic rings. The van der Waals surface area contributed by atoms with Gasteiger partial charge in [0, 0.05) is 6.54 Å². The highest BCUT2D eigenvalue weighted by atomic mass is 32.2. The van der Waals surface area contributed by atoms with Gasteiger partial charge in [0.1, 0.15) is 5.82 Å². The van der Waals surface area contributed by atoms with E-state index in [1.54, 1.807) is 31.2 Å². The number of halogens is 1. The molecule has 6 heteroatoms. The Morgan fingerprint density at radius 1 is 1.20 bits per heavy atom. The maximum atomic E-state index is 13.0. The number of sulfonamides is 1. The Kier molecular flexibility index (Phi) is 4.06. The average Bonchev–Trinajstić information content (AvgIpc) is 2.38. The van der Waals surface area contributed by atoms with E-state index in [0.29, 0.717) is 16.8 Å². The van der Waals surface area contributed by atoms with Crippen LogP contribution in [0, 0.1) is 12.7 Å². The predicted molar refractivity (Wildman–Crippen MR) is 76.3 cm³/mol. The Morgan fingerprint density at radius 3 is 2.55 bits per heavy atom. The first-order valence-electron chi connectivity index (χ1n) is 6.01. The third kappa shape index (κ3) is 2.97. The van der Waals surface area contributed by atoms with Crippen molar-refractivity contribution < 1.29 is 12.8 Å². The van der Waals surface area contributed by atoms with Gasteiger partial charge in [-0.25, -0.2) is 12.8 Å². The van der Waals surface area contributed by atoms with Crippen molar-refractivity contribution in [1.29, 1.82) is 0 Å². The van der Waals surface area contributed by atoms with Gasteiger partial charge in [-0.2, -0.15) is 0 Å². The quantitative estimate of drug-likeness (QED) is 0.909. The molecule has 0 atom stereocenters. The molecule has 0 saturated heterocycles. The van der Waals surface area contributed by atoms with Crippen molar-refractivity contribution >= 4 is 15.7 Å². The molecule has 0 saturated carbocycles. The number of nitrogens with one attached hydrogen (secondary N) is 1. The second-order valence-corrected chi connectivity index (χ2v) is 6.03. The van der Waals surface area contributed by atoms with Crippen molar-refractivity contribution in [2.45, 2.75) is 18.4 Å². The van der Waals surface area contributed by atoms with Gasteiger partial charge >= 0.3 is 0 Å². The van der Waals surface area contributed by atoms with Gasteiger partial charge in [-0.1, -0.05) is 18.2 Å². The second-order valence-electron chi connectivity index (χ2n) is 4.38. The van der Waals surface area contributed by atoms with E-state index in [9.17, 15) is 12.8 Å². The monoisotopic (exact) mass is 294 g/mol. The van der Waals surface area contributed by atoms with Gasteiger partial charge in [0.25, 0.3) is 10.0 Å². The minimum atomic E-state index is -3.77. The number of aryl methyl sites for hydroxylation is 1. The van der Waals surface area contributed by atoms with Crippen LogP contribution >= 0.6 is 0 Å². The first-order valence-corrected chi connectivity index (χ1v) is 7.49. The van der Waals surface area contributed by atoms with E-state index in [2.05, 4.69) is 4.72 Å². The van der Waals surface area contributed by atoms with Crippen molar-refractivity contribution in [3.8, 4) is 0 Å². The zero-order chi connectivity index (χ0) is 14.8. The van der Waals surface area contributed by atoms with Crippen LogP contribution in [-0.4, -0.2) is 8.42 Å². The van der Waals surface area contributed by atoms with Crippen molar-refractivity contribution in [3.63, 3.8) is 0 Å². The highest BCUT2D eigenvalue weighted by molar-refractivity contribution is 7.92. The molecule has 4 nitrogen and oxygen atoms in total. The smallest absolute Gasteiger partial charge is 0.262 e. The summed E-state index contributed by atoms with van der Waals surface area (Å²) >= 11 is 0. The molecule has 0 aliphatic carbocycles. The maximum absolute atomic E-state index is 13.0. The van der Waals surface area contributed by atoms with E-state index in [-0.39, 0.29) is 11.4 Å². The van der Waals surface area contributed by atoms with Crippen molar-refractivity contribution in [2.24, 2.45) is 5.73 Å². The molecule has 0 heterocycles. The van der Waals surface area contributed by atoms with Crippen molar-refractivity contribution in [1.82, 2.24) is 0 Å². The van der Waals surface area contributed by atoms with Crippen LogP contribution in [0.4, 0.5) is 10.1 Å². The van der Waals surface area contributed by atoms with Crippen LogP contribution in [0.5, 0.6) is 0 Å². The lowest BCUT2D eigenvalue weighted by Gasteiger charge is -2.13. The van der Waals surface area contributed by atoms with E-state index in [4.69, 9.17) is 5.73 Å². The first kappa shape index (κ1) is 14.5. The molecule has 0 aromatic heterocycles. The van der Waals surface area contributed by atoms with E-state index in [0.717, 1.165) is 6.07 Å². The van der Waals surface area contributed by atoms with Gasteiger partial charge < -0.3 is 5.73 Å². The first-order chi connectivity index (χ1) is 9.44. The molecule has 2 rings (SSSR count). The van der Waals surface area contributed by atoms with Crippen LogP contribution in [0.2, 0.25) is 0 Å². The molecule has 0 bridgehead atoms. The minimum Gasteiger partial charge on any atom is -0.326 e. The fraction of sp³-hybridized carbons (Fsp3) is 0.143. The Balaban J connectivity index is 2.41. The molecule has 20 heavy (non-hydrogen) atoms. The number of hydrogen-bond donors (Lipinski definition) is 2. The SMILES string of the molecule is Cc1cc(F)ccc1S(=O)(=O)Nc1ccccc1CN. The lowest BCUT2D eigenvalue weighted by atomic mass is 10.2. The van der Waals surface area contributed by atoms with Crippen LogP contribution in [-0.2, 0) is 16.6 Å².